The predicted molar refractivity (Wildman–Crippen MR) is 123 cm³/mol. The molecule has 166 valence electrons. The second-order valence-corrected chi connectivity index (χ2v) is 9.93. The quantitative estimate of drug-likeness (QED) is 0.736. The van der Waals surface area contributed by atoms with Crippen molar-refractivity contribution in [3.63, 3.8) is 0 Å². The first kappa shape index (κ1) is 21.8. The van der Waals surface area contributed by atoms with Gasteiger partial charge in [0.05, 0.1) is 0 Å². The number of ether oxygens (including phenoxy) is 1. The van der Waals surface area contributed by atoms with Gasteiger partial charge in [0.25, 0.3) is 0 Å². The molecule has 0 bridgehead atoms. The Morgan fingerprint density at radius 2 is 1.97 bits per heavy atom. The van der Waals surface area contributed by atoms with E-state index in [-0.39, 0.29) is 12.0 Å². The summed E-state index contributed by atoms with van der Waals surface area (Å²) in [6, 6.07) is 17.6. The lowest BCUT2D eigenvalue weighted by molar-refractivity contribution is -0.139. The van der Waals surface area contributed by atoms with E-state index in [0.717, 1.165) is 38.2 Å². The summed E-state index contributed by atoms with van der Waals surface area (Å²) in [5.74, 6) is 0.831. The first-order valence-corrected chi connectivity index (χ1v) is 11.3. The second kappa shape index (κ2) is 9.01. The minimum Gasteiger partial charge on any atom is -0.482 e. The molecule has 3 atom stereocenters. The lowest BCUT2D eigenvalue weighted by Crippen LogP contribution is -2.44. The summed E-state index contributed by atoms with van der Waals surface area (Å²) in [7, 11) is 0. The average molecular weight is 423 g/mol. The van der Waals surface area contributed by atoms with Gasteiger partial charge in [-0.1, -0.05) is 63.2 Å². The number of aliphatic carboxylic acids is 1. The maximum absolute atomic E-state index is 11.1. The van der Waals surface area contributed by atoms with Crippen LogP contribution in [-0.2, 0) is 16.8 Å². The third kappa shape index (κ3) is 4.94. The largest absolute Gasteiger partial charge is 0.482 e. The van der Waals surface area contributed by atoms with Crippen molar-refractivity contribution in [1.29, 1.82) is 0 Å². The maximum atomic E-state index is 11.1. The summed E-state index contributed by atoms with van der Waals surface area (Å²) in [4.78, 5) is 13.7. The molecule has 2 aliphatic heterocycles. The molecule has 0 aromatic heterocycles. The van der Waals surface area contributed by atoms with Crippen LogP contribution in [0.25, 0.3) is 0 Å². The standard InChI is InChI=1S/C26H34N2O3/c1-26(2,3)20-9-10-24(31-17-25(29)30)19(13-20)15-28-16-22(18-7-5-4-6-8-18)21-14-27-12-11-23(21)28/h4-10,13,21-23,27H,11-12,14-17H2,1-3H3,(H,29,30)/t21-,22-,23-/m0/s1. The van der Waals surface area contributed by atoms with Crippen molar-refractivity contribution >= 4 is 5.97 Å². The van der Waals surface area contributed by atoms with Gasteiger partial charge in [-0.2, -0.15) is 0 Å². The highest BCUT2D eigenvalue weighted by molar-refractivity contribution is 5.68. The number of carbonyl (C=O) groups is 1. The fourth-order valence-corrected chi connectivity index (χ4v) is 5.16. The minimum atomic E-state index is -0.949. The Morgan fingerprint density at radius 1 is 1.19 bits per heavy atom. The lowest BCUT2D eigenvalue weighted by Gasteiger charge is -2.33. The van der Waals surface area contributed by atoms with Gasteiger partial charge in [0.2, 0.25) is 0 Å². The van der Waals surface area contributed by atoms with Gasteiger partial charge in [0, 0.05) is 37.2 Å². The molecular weight excluding hydrogens is 388 g/mol. The van der Waals surface area contributed by atoms with Gasteiger partial charge in [-0.25, -0.2) is 4.79 Å². The van der Waals surface area contributed by atoms with Crippen molar-refractivity contribution in [2.45, 2.75) is 51.1 Å². The number of fused-ring (bicyclic) bond motifs is 1. The van der Waals surface area contributed by atoms with Crippen LogP contribution in [0, 0.1) is 5.92 Å². The molecule has 5 nitrogen and oxygen atoms in total. The van der Waals surface area contributed by atoms with Crippen LogP contribution in [0.3, 0.4) is 0 Å². The van der Waals surface area contributed by atoms with E-state index < -0.39 is 5.97 Å². The molecule has 4 rings (SSSR count). The third-order valence-corrected chi connectivity index (χ3v) is 6.79. The van der Waals surface area contributed by atoms with E-state index >= 15 is 0 Å². The van der Waals surface area contributed by atoms with Crippen LogP contribution in [-0.4, -0.2) is 48.3 Å². The van der Waals surface area contributed by atoms with Gasteiger partial charge >= 0.3 is 5.97 Å². The molecule has 2 aliphatic rings. The number of rotatable bonds is 6. The average Bonchev–Trinajstić information content (AvgIpc) is 3.11. The van der Waals surface area contributed by atoms with E-state index in [2.05, 4.69) is 73.5 Å². The van der Waals surface area contributed by atoms with E-state index in [1.165, 1.54) is 11.1 Å². The van der Waals surface area contributed by atoms with Crippen LogP contribution in [0.1, 0.15) is 49.8 Å². The fraction of sp³-hybridized carbons (Fsp3) is 0.500. The van der Waals surface area contributed by atoms with Crippen molar-refractivity contribution < 1.29 is 14.6 Å². The Bertz CT molecular complexity index is 907. The van der Waals surface area contributed by atoms with Crippen LogP contribution in [0.5, 0.6) is 5.75 Å². The summed E-state index contributed by atoms with van der Waals surface area (Å²) >= 11 is 0. The van der Waals surface area contributed by atoms with Gasteiger partial charge < -0.3 is 15.2 Å². The molecule has 0 spiro atoms. The first-order valence-electron chi connectivity index (χ1n) is 11.3. The molecule has 2 heterocycles. The Labute approximate surface area is 185 Å². The molecule has 2 aromatic carbocycles. The van der Waals surface area contributed by atoms with E-state index in [1.807, 2.05) is 6.07 Å². The highest BCUT2D eigenvalue weighted by atomic mass is 16.5. The molecule has 0 unspecified atom stereocenters. The molecule has 0 radical (unpaired) electrons. The predicted octanol–water partition coefficient (Wildman–Crippen LogP) is 4.03. The third-order valence-electron chi connectivity index (χ3n) is 6.79. The van der Waals surface area contributed by atoms with Gasteiger partial charge in [0.1, 0.15) is 5.75 Å². The highest BCUT2D eigenvalue weighted by Crippen LogP contribution is 2.41. The van der Waals surface area contributed by atoms with Crippen molar-refractivity contribution in [3.8, 4) is 5.75 Å². The topological polar surface area (TPSA) is 61.8 Å². The summed E-state index contributed by atoms with van der Waals surface area (Å²) < 4.78 is 5.69. The van der Waals surface area contributed by atoms with Crippen molar-refractivity contribution in [2.75, 3.05) is 26.2 Å². The molecule has 0 aliphatic carbocycles. The van der Waals surface area contributed by atoms with Gasteiger partial charge in [-0.3, -0.25) is 4.90 Å². The minimum absolute atomic E-state index is 0.0228. The molecule has 2 fully saturated rings. The van der Waals surface area contributed by atoms with Crippen molar-refractivity contribution in [2.24, 2.45) is 5.92 Å². The molecule has 0 saturated carbocycles. The fourth-order valence-electron chi connectivity index (χ4n) is 5.16. The van der Waals surface area contributed by atoms with E-state index in [4.69, 9.17) is 9.84 Å². The molecule has 2 saturated heterocycles. The molecule has 31 heavy (non-hydrogen) atoms. The smallest absolute Gasteiger partial charge is 0.341 e. The van der Waals surface area contributed by atoms with Crippen molar-refractivity contribution in [1.82, 2.24) is 10.2 Å². The van der Waals surface area contributed by atoms with Crippen LogP contribution in [0.15, 0.2) is 48.5 Å². The molecule has 0 amide bonds. The van der Waals surface area contributed by atoms with Crippen LogP contribution in [0.2, 0.25) is 0 Å². The highest BCUT2D eigenvalue weighted by Gasteiger charge is 2.43. The van der Waals surface area contributed by atoms with Crippen molar-refractivity contribution in [3.05, 3.63) is 65.2 Å². The number of carboxylic acids is 1. The summed E-state index contributed by atoms with van der Waals surface area (Å²) in [5, 5.41) is 12.7. The first-order chi connectivity index (χ1) is 14.8. The summed E-state index contributed by atoms with van der Waals surface area (Å²) in [6.45, 7) is 10.2. The summed E-state index contributed by atoms with van der Waals surface area (Å²) in [5.41, 5.74) is 3.76. The number of piperidine rings is 1. The Morgan fingerprint density at radius 3 is 2.68 bits per heavy atom. The maximum Gasteiger partial charge on any atom is 0.341 e. The Hall–Kier alpha value is -2.37. The second-order valence-electron chi connectivity index (χ2n) is 9.93. The normalized spacial score (nSPS) is 24.0. The van der Waals surface area contributed by atoms with E-state index in [1.54, 1.807) is 0 Å². The number of likely N-dealkylation sites (tertiary alicyclic amines) is 1. The SMILES string of the molecule is CC(C)(C)c1ccc(OCC(=O)O)c(CN2C[C@@H](c3ccccc3)[C@@H]3CNCC[C@@H]32)c1. The number of carboxylic acid groups (broad SMARTS) is 1. The van der Waals surface area contributed by atoms with Gasteiger partial charge in [-0.05, 0) is 41.5 Å². The number of nitrogens with one attached hydrogen (secondary N) is 1. The lowest BCUT2D eigenvalue weighted by atomic mass is 9.82. The van der Waals surface area contributed by atoms with Crippen LogP contribution >= 0.6 is 0 Å². The molecule has 2 aromatic rings. The number of hydrogen-bond acceptors (Lipinski definition) is 4. The molecule has 5 heteroatoms. The van der Waals surface area contributed by atoms with Gasteiger partial charge in [0.15, 0.2) is 6.61 Å². The zero-order valence-corrected chi connectivity index (χ0v) is 18.8. The van der Waals surface area contributed by atoms with Crippen LogP contribution in [0.4, 0.5) is 0 Å². The Balaban J connectivity index is 1.62. The number of benzene rings is 2. The number of nitrogens with zero attached hydrogens (tertiary/aromatic N) is 1. The molecular formula is C26H34N2O3. The van der Waals surface area contributed by atoms with E-state index in [0.29, 0.717) is 23.6 Å². The zero-order valence-electron chi connectivity index (χ0n) is 18.8. The van der Waals surface area contributed by atoms with Crippen LogP contribution < -0.4 is 10.1 Å². The molecule has 2 N–H and O–H groups in total. The summed E-state index contributed by atoms with van der Waals surface area (Å²) in [6.07, 6.45) is 1.14. The zero-order chi connectivity index (χ0) is 22.0. The number of hydrogen-bond donors (Lipinski definition) is 2. The van der Waals surface area contributed by atoms with E-state index in [9.17, 15) is 4.79 Å². The Kier molecular flexibility index (Phi) is 6.35. The van der Waals surface area contributed by atoms with Gasteiger partial charge in [-0.15, -0.1) is 0 Å². The monoisotopic (exact) mass is 422 g/mol.